The molecule has 0 spiro atoms. The standard InChI is InChI=1S/C11H10ClNO2/c12-10-7-9(11(13)15)5-4-8(10)3-1-2-6-14/h4-5,7,14H,2,6H2,(H2,13,15). The van der Waals surface area contributed by atoms with Gasteiger partial charge in [0.15, 0.2) is 0 Å². The summed E-state index contributed by atoms with van der Waals surface area (Å²) in [5, 5.41) is 8.92. The van der Waals surface area contributed by atoms with Crippen molar-refractivity contribution in [2.75, 3.05) is 6.61 Å². The number of nitrogens with two attached hydrogens (primary N) is 1. The minimum absolute atomic E-state index is 0.0178. The Bertz CT molecular complexity index is 432. The van der Waals surface area contributed by atoms with Gasteiger partial charge in [-0.3, -0.25) is 4.79 Å². The van der Waals surface area contributed by atoms with Crippen molar-refractivity contribution in [1.82, 2.24) is 0 Å². The first-order valence-electron chi connectivity index (χ1n) is 4.34. The molecule has 0 radical (unpaired) electrons. The molecule has 78 valence electrons. The third-order valence-electron chi connectivity index (χ3n) is 1.71. The average molecular weight is 224 g/mol. The molecule has 3 nitrogen and oxygen atoms in total. The van der Waals surface area contributed by atoms with Gasteiger partial charge in [0.05, 0.1) is 11.6 Å². The first-order chi connectivity index (χ1) is 7.15. The SMILES string of the molecule is NC(=O)c1ccc(C#CCCO)c(Cl)c1. The van der Waals surface area contributed by atoms with E-state index >= 15 is 0 Å². The van der Waals surface area contributed by atoms with Crippen LogP contribution in [0.1, 0.15) is 22.3 Å². The van der Waals surface area contributed by atoms with Gasteiger partial charge in [0.25, 0.3) is 0 Å². The maximum atomic E-state index is 10.8. The summed E-state index contributed by atoms with van der Waals surface area (Å²) in [6.45, 7) is 0.0178. The van der Waals surface area contributed by atoms with Crippen molar-refractivity contribution in [3.63, 3.8) is 0 Å². The largest absolute Gasteiger partial charge is 0.395 e. The second kappa shape index (κ2) is 5.40. The van der Waals surface area contributed by atoms with Crippen molar-refractivity contribution in [3.05, 3.63) is 34.3 Å². The predicted molar refractivity (Wildman–Crippen MR) is 58.6 cm³/mol. The summed E-state index contributed by atoms with van der Waals surface area (Å²) in [6, 6.07) is 4.68. The summed E-state index contributed by atoms with van der Waals surface area (Å²) in [5.41, 5.74) is 6.06. The van der Waals surface area contributed by atoms with Gasteiger partial charge in [-0.05, 0) is 18.2 Å². The molecule has 0 aliphatic carbocycles. The molecule has 0 aliphatic rings. The van der Waals surface area contributed by atoms with E-state index in [1.807, 2.05) is 0 Å². The van der Waals surface area contributed by atoms with Gasteiger partial charge in [-0.1, -0.05) is 23.4 Å². The van der Waals surface area contributed by atoms with Crippen molar-refractivity contribution in [3.8, 4) is 11.8 Å². The number of carbonyl (C=O) groups is 1. The molecule has 0 heterocycles. The van der Waals surface area contributed by atoms with Gasteiger partial charge in [0, 0.05) is 17.5 Å². The molecule has 1 aromatic rings. The van der Waals surface area contributed by atoms with E-state index in [-0.39, 0.29) is 6.61 Å². The van der Waals surface area contributed by atoms with Gasteiger partial charge in [-0.2, -0.15) is 0 Å². The molecule has 4 heteroatoms. The van der Waals surface area contributed by atoms with Crippen LogP contribution in [0.4, 0.5) is 0 Å². The molecule has 3 N–H and O–H groups in total. The molecule has 1 rings (SSSR count). The van der Waals surface area contributed by atoms with Gasteiger partial charge < -0.3 is 10.8 Å². The Labute approximate surface area is 92.9 Å². The highest BCUT2D eigenvalue weighted by atomic mass is 35.5. The molecule has 0 saturated carbocycles. The van der Waals surface area contributed by atoms with Gasteiger partial charge >= 0.3 is 0 Å². The Morgan fingerprint density at radius 1 is 1.53 bits per heavy atom. The fraction of sp³-hybridized carbons (Fsp3) is 0.182. The maximum absolute atomic E-state index is 10.8. The van der Waals surface area contributed by atoms with Crippen LogP contribution >= 0.6 is 11.6 Å². The molecule has 15 heavy (non-hydrogen) atoms. The van der Waals surface area contributed by atoms with E-state index in [9.17, 15) is 4.79 Å². The number of benzene rings is 1. The second-order valence-corrected chi connectivity index (χ2v) is 3.24. The Morgan fingerprint density at radius 3 is 2.80 bits per heavy atom. The highest BCUT2D eigenvalue weighted by molar-refractivity contribution is 6.32. The topological polar surface area (TPSA) is 63.3 Å². The predicted octanol–water partition coefficient (Wildman–Crippen LogP) is 1.17. The fourth-order valence-electron chi connectivity index (χ4n) is 0.983. The number of primary amides is 1. The molecule has 0 bridgehead atoms. The van der Waals surface area contributed by atoms with Crippen LogP contribution in [0.25, 0.3) is 0 Å². The van der Waals surface area contributed by atoms with Crippen LogP contribution in [-0.4, -0.2) is 17.6 Å². The quantitative estimate of drug-likeness (QED) is 0.740. The van der Waals surface area contributed by atoms with Gasteiger partial charge in [-0.25, -0.2) is 0 Å². The van der Waals surface area contributed by atoms with E-state index in [1.54, 1.807) is 12.1 Å². The Balaban J connectivity index is 2.95. The van der Waals surface area contributed by atoms with Gasteiger partial charge in [-0.15, -0.1) is 0 Å². The maximum Gasteiger partial charge on any atom is 0.248 e. The van der Waals surface area contributed by atoms with E-state index in [0.29, 0.717) is 22.6 Å². The summed E-state index contributed by atoms with van der Waals surface area (Å²) >= 11 is 5.88. The van der Waals surface area contributed by atoms with Crippen LogP contribution in [0.15, 0.2) is 18.2 Å². The highest BCUT2D eigenvalue weighted by Gasteiger charge is 2.03. The third kappa shape index (κ3) is 3.28. The lowest BCUT2D eigenvalue weighted by Crippen LogP contribution is -2.10. The van der Waals surface area contributed by atoms with Crippen molar-refractivity contribution in [2.24, 2.45) is 5.73 Å². The zero-order valence-electron chi connectivity index (χ0n) is 7.96. The van der Waals surface area contributed by atoms with Gasteiger partial charge in [0.2, 0.25) is 5.91 Å². The number of rotatable bonds is 2. The number of amides is 1. The molecule has 0 aromatic heterocycles. The van der Waals surface area contributed by atoms with Crippen LogP contribution in [0.2, 0.25) is 5.02 Å². The Morgan fingerprint density at radius 2 is 2.27 bits per heavy atom. The summed E-state index contributed by atoms with van der Waals surface area (Å²) in [5.74, 6) is 5.00. The van der Waals surface area contributed by atoms with Crippen LogP contribution in [0.3, 0.4) is 0 Å². The number of hydrogen-bond donors (Lipinski definition) is 2. The van der Waals surface area contributed by atoms with E-state index in [1.165, 1.54) is 6.07 Å². The molecule has 0 atom stereocenters. The van der Waals surface area contributed by atoms with Crippen LogP contribution in [0.5, 0.6) is 0 Å². The molecule has 1 amide bonds. The summed E-state index contributed by atoms with van der Waals surface area (Å²) in [7, 11) is 0. The molecule has 0 aliphatic heterocycles. The Kier molecular flexibility index (Phi) is 4.17. The summed E-state index contributed by atoms with van der Waals surface area (Å²) in [6.07, 6.45) is 0.397. The van der Waals surface area contributed by atoms with Crippen LogP contribution in [0, 0.1) is 11.8 Å². The summed E-state index contributed by atoms with van der Waals surface area (Å²) in [4.78, 5) is 10.8. The van der Waals surface area contributed by atoms with Crippen molar-refractivity contribution >= 4 is 17.5 Å². The molecule has 1 aromatic carbocycles. The van der Waals surface area contributed by atoms with Gasteiger partial charge in [0.1, 0.15) is 0 Å². The average Bonchev–Trinajstić information content (AvgIpc) is 2.20. The number of hydrogen-bond acceptors (Lipinski definition) is 2. The summed E-state index contributed by atoms with van der Waals surface area (Å²) < 4.78 is 0. The zero-order valence-corrected chi connectivity index (χ0v) is 8.71. The van der Waals surface area contributed by atoms with Crippen molar-refractivity contribution < 1.29 is 9.90 Å². The zero-order chi connectivity index (χ0) is 11.3. The first-order valence-corrected chi connectivity index (χ1v) is 4.72. The minimum Gasteiger partial charge on any atom is -0.395 e. The molecular formula is C11H10ClNO2. The van der Waals surface area contributed by atoms with E-state index in [0.717, 1.165) is 0 Å². The monoisotopic (exact) mass is 223 g/mol. The lowest BCUT2D eigenvalue weighted by Gasteiger charge is -1.98. The number of halogens is 1. The van der Waals surface area contributed by atoms with E-state index < -0.39 is 5.91 Å². The first kappa shape index (κ1) is 11.6. The normalized spacial score (nSPS) is 9.20. The van der Waals surface area contributed by atoms with Crippen LogP contribution < -0.4 is 5.73 Å². The van der Waals surface area contributed by atoms with E-state index in [2.05, 4.69) is 11.8 Å². The molecule has 0 fully saturated rings. The highest BCUT2D eigenvalue weighted by Crippen LogP contribution is 2.16. The Hall–Kier alpha value is -1.50. The lowest BCUT2D eigenvalue weighted by atomic mass is 10.1. The lowest BCUT2D eigenvalue weighted by molar-refractivity contribution is 0.100. The second-order valence-electron chi connectivity index (χ2n) is 2.83. The fourth-order valence-corrected chi connectivity index (χ4v) is 1.21. The molecular weight excluding hydrogens is 214 g/mol. The third-order valence-corrected chi connectivity index (χ3v) is 2.03. The number of aliphatic hydroxyl groups excluding tert-OH is 1. The number of carbonyl (C=O) groups excluding carboxylic acids is 1. The van der Waals surface area contributed by atoms with Crippen molar-refractivity contribution in [2.45, 2.75) is 6.42 Å². The van der Waals surface area contributed by atoms with E-state index in [4.69, 9.17) is 22.4 Å². The number of aliphatic hydroxyl groups is 1. The smallest absolute Gasteiger partial charge is 0.248 e. The molecule has 0 unspecified atom stereocenters. The van der Waals surface area contributed by atoms with Crippen LogP contribution in [-0.2, 0) is 0 Å². The molecule has 0 saturated heterocycles. The van der Waals surface area contributed by atoms with Crippen molar-refractivity contribution in [1.29, 1.82) is 0 Å². The minimum atomic E-state index is -0.522.